The number of hydrogen-bond acceptors (Lipinski definition) is 4. The van der Waals surface area contributed by atoms with Gasteiger partial charge in [0.2, 0.25) is 0 Å². The van der Waals surface area contributed by atoms with Gasteiger partial charge in [0.1, 0.15) is 5.03 Å². The van der Waals surface area contributed by atoms with Crippen LogP contribution < -0.4 is 5.32 Å². The molecule has 2 aromatic rings. The van der Waals surface area contributed by atoms with Gasteiger partial charge in [0.15, 0.2) is 0 Å². The SMILES string of the molecule is COCCNCc1cc2ccccc2nc1SC(C)(C)C. The molecule has 1 heterocycles. The zero-order chi connectivity index (χ0) is 15.3. The fourth-order valence-corrected chi connectivity index (χ4v) is 3.03. The monoisotopic (exact) mass is 304 g/mol. The fraction of sp³-hybridized carbons (Fsp3) is 0.471. The molecule has 0 amide bonds. The van der Waals surface area contributed by atoms with Gasteiger partial charge in [0.25, 0.3) is 0 Å². The average molecular weight is 304 g/mol. The lowest BCUT2D eigenvalue weighted by molar-refractivity contribution is 0.199. The first-order chi connectivity index (χ1) is 9.99. The van der Waals surface area contributed by atoms with Crippen molar-refractivity contribution in [1.82, 2.24) is 10.3 Å². The van der Waals surface area contributed by atoms with Crippen molar-refractivity contribution < 1.29 is 4.74 Å². The topological polar surface area (TPSA) is 34.1 Å². The Morgan fingerprint density at radius 1 is 1.24 bits per heavy atom. The molecule has 0 spiro atoms. The number of nitrogens with one attached hydrogen (secondary N) is 1. The number of benzene rings is 1. The third-order valence-electron chi connectivity index (χ3n) is 2.96. The van der Waals surface area contributed by atoms with Crippen LogP contribution in [0.2, 0.25) is 0 Å². The van der Waals surface area contributed by atoms with Crippen molar-refractivity contribution in [2.45, 2.75) is 37.1 Å². The van der Waals surface area contributed by atoms with Crippen LogP contribution in [0.15, 0.2) is 35.4 Å². The first-order valence-electron chi connectivity index (χ1n) is 7.27. The average Bonchev–Trinajstić information content (AvgIpc) is 2.42. The van der Waals surface area contributed by atoms with E-state index in [-0.39, 0.29) is 4.75 Å². The molecule has 1 aromatic heterocycles. The molecular formula is C17H24N2OS. The standard InChI is InChI=1S/C17H24N2OS/c1-17(2,3)21-16-14(12-18-9-10-20-4)11-13-7-5-6-8-15(13)19-16/h5-8,11,18H,9-10,12H2,1-4H3. The number of aromatic nitrogens is 1. The molecule has 0 bridgehead atoms. The molecule has 3 nitrogen and oxygen atoms in total. The van der Waals surface area contributed by atoms with E-state index in [2.05, 4.69) is 50.4 Å². The zero-order valence-electron chi connectivity index (χ0n) is 13.3. The number of hydrogen-bond donors (Lipinski definition) is 1. The van der Waals surface area contributed by atoms with Gasteiger partial charge in [-0.15, -0.1) is 11.8 Å². The number of para-hydroxylation sites is 1. The van der Waals surface area contributed by atoms with E-state index in [0.717, 1.165) is 30.2 Å². The summed E-state index contributed by atoms with van der Waals surface area (Å²) in [5.41, 5.74) is 2.31. The highest BCUT2D eigenvalue weighted by Crippen LogP contribution is 2.34. The smallest absolute Gasteiger partial charge is 0.102 e. The molecule has 2 rings (SSSR count). The van der Waals surface area contributed by atoms with Crippen molar-refractivity contribution in [3.8, 4) is 0 Å². The van der Waals surface area contributed by atoms with Crippen LogP contribution in [0.25, 0.3) is 10.9 Å². The third-order valence-corrected chi connectivity index (χ3v) is 4.12. The van der Waals surface area contributed by atoms with E-state index < -0.39 is 0 Å². The Bertz CT molecular complexity index is 593. The Morgan fingerprint density at radius 3 is 2.71 bits per heavy atom. The quantitative estimate of drug-likeness (QED) is 0.649. The van der Waals surface area contributed by atoms with Crippen LogP contribution in [-0.2, 0) is 11.3 Å². The number of pyridine rings is 1. The van der Waals surface area contributed by atoms with Crippen molar-refractivity contribution in [3.05, 3.63) is 35.9 Å². The molecular weight excluding hydrogens is 280 g/mol. The highest BCUT2D eigenvalue weighted by Gasteiger charge is 2.16. The van der Waals surface area contributed by atoms with Crippen molar-refractivity contribution in [2.75, 3.05) is 20.3 Å². The van der Waals surface area contributed by atoms with Crippen LogP contribution in [0.1, 0.15) is 26.3 Å². The van der Waals surface area contributed by atoms with Gasteiger partial charge in [0, 0.05) is 30.3 Å². The second-order valence-electron chi connectivity index (χ2n) is 6.03. The van der Waals surface area contributed by atoms with Gasteiger partial charge in [-0.25, -0.2) is 4.98 Å². The molecule has 0 fully saturated rings. The number of thioether (sulfide) groups is 1. The summed E-state index contributed by atoms with van der Waals surface area (Å²) in [5.74, 6) is 0. The number of nitrogens with zero attached hydrogens (tertiary/aromatic N) is 1. The van der Waals surface area contributed by atoms with Crippen LogP contribution in [-0.4, -0.2) is 30.0 Å². The number of fused-ring (bicyclic) bond motifs is 1. The molecule has 4 heteroatoms. The molecule has 0 aliphatic carbocycles. The van der Waals surface area contributed by atoms with Crippen LogP contribution in [0.5, 0.6) is 0 Å². The maximum absolute atomic E-state index is 5.08. The maximum Gasteiger partial charge on any atom is 0.102 e. The highest BCUT2D eigenvalue weighted by molar-refractivity contribution is 8.00. The first-order valence-corrected chi connectivity index (χ1v) is 8.08. The Labute approximate surface area is 131 Å². The van der Waals surface area contributed by atoms with Gasteiger partial charge in [-0.3, -0.25) is 0 Å². The second kappa shape index (κ2) is 7.25. The second-order valence-corrected chi connectivity index (χ2v) is 7.84. The largest absolute Gasteiger partial charge is 0.383 e. The maximum atomic E-state index is 5.08. The van der Waals surface area contributed by atoms with E-state index in [4.69, 9.17) is 9.72 Å². The minimum atomic E-state index is 0.150. The first kappa shape index (κ1) is 16.3. The van der Waals surface area contributed by atoms with E-state index in [0.29, 0.717) is 0 Å². The lowest BCUT2D eigenvalue weighted by Crippen LogP contribution is -2.19. The summed E-state index contributed by atoms with van der Waals surface area (Å²) in [5, 5.41) is 5.73. The van der Waals surface area contributed by atoms with Crippen LogP contribution in [0.4, 0.5) is 0 Å². The summed E-state index contributed by atoms with van der Waals surface area (Å²) in [4.78, 5) is 4.85. The van der Waals surface area contributed by atoms with E-state index in [1.165, 1.54) is 10.9 Å². The van der Waals surface area contributed by atoms with E-state index >= 15 is 0 Å². The van der Waals surface area contributed by atoms with E-state index in [1.54, 1.807) is 7.11 Å². The summed E-state index contributed by atoms with van der Waals surface area (Å²) in [6.45, 7) is 9.05. The molecule has 0 atom stereocenters. The summed E-state index contributed by atoms with van der Waals surface area (Å²) in [6.07, 6.45) is 0. The van der Waals surface area contributed by atoms with Gasteiger partial charge in [0.05, 0.1) is 12.1 Å². The minimum absolute atomic E-state index is 0.150. The predicted molar refractivity (Wildman–Crippen MR) is 90.9 cm³/mol. The van der Waals surface area contributed by atoms with Crippen molar-refractivity contribution in [3.63, 3.8) is 0 Å². The van der Waals surface area contributed by atoms with Crippen LogP contribution in [0.3, 0.4) is 0 Å². The van der Waals surface area contributed by atoms with Crippen LogP contribution >= 0.6 is 11.8 Å². The van der Waals surface area contributed by atoms with Crippen molar-refractivity contribution >= 4 is 22.7 Å². The van der Waals surface area contributed by atoms with Crippen molar-refractivity contribution in [2.24, 2.45) is 0 Å². The fourth-order valence-electron chi connectivity index (χ4n) is 2.04. The van der Waals surface area contributed by atoms with Crippen molar-refractivity contribution in [1.29, 1.82) is 0 Å². The summed E-state index contributed by atoms with van der Waals surface area (Å²) in [7, 11) is 1.72. The molecule has 0 aliphatic rings. The number of ether oxygens (including phenoxy) is 1. The number of rotatable bonds is 6. The number of methoxy groups -OCH3 is 1. The van der Waals surface area contributed by atoms with Crippen LogP contribution in [0, 0.1) is 0 Å². The van der Waals surface area contributed by atoms with Gasteiger partial charge >= 0.3 is 0 Å². The van der Waals surface area contributed by atoms with Gasteiger partial charge in [-0.05, 0) is 17.7 Å². The molecule has 0 saturated heterocycles. The van der Waals surface area contributed by atoms with E-state index in [9.17, 15) is 0 Å². The normalized spacial score (nSPS) is 12.0. The Balaban J connectivity index is 2.27. The summed E-state index contributed by atoms with van der Waals surface area (Å²) >= 11 is 1.82. The molecule has 21 heavy (non-hydrogen) atoms. The highest BCUT2D eigenvalue weighted by atomic mass is 32.2. The molecule has 1 N–H and O–H groups in total. The Hall–Kier alpha value is -1.10. The van der Waals surface area contributed by atoms with Gasteiger partial charge in [-0.1, -0.05) is 39.0 Å². The molecule has 1 aromatic carbocycles. The molecule has 0 radical (unpaired) electrons. The summed E-state index contributed by atoms with van der Waals surface area (Å²) in [6, 6.07) is 10.5. The zero-order valence-corrected chi connectivity index (χ0v) is 14.1. The minimum Gasteiger partial charge on any atom is -0.383 e. The lowest BCUT2D eigenvalue weighted by atomic mass is 10.1. The third kappa shape index (κ3) is 4.99. The lowest BCUT2D eigenvalue weighted by Gasteiger charge is -2.20. The van der Waals surface area contributed by atoms with Gasteiger partial charge in [-0.2, -0.15) is 0 Å². The Kier molecular flexibility index (Phi) is 5.62. The molecule has 0 unspecified atom stereocenters. The summed E-state index contributed by atoms with van der Waals surface area (Å²) < 4.78 is 5.23. The Morgan fingerprint density at radius 2 is 2.00 bits per heavy atom. The molecule has 114 valence electrons. The van der Waals surface area contributed by atoms with Gasteiger partial charge < -0.3 is 10.1 Å². The van der Waals surface area contributed by atoms with E-state index in [1.807, 2.05) is 17.8 Å². The molecule has 0 aliphatic heterocycles. The molecule has 0 saturated carbocycles. The predicted octanol–water partition coefficient (Wildman–Crippen LogP) is 3.86.